The maximum absolute atomic E-state index is 12.7. The van der Waals surface area contributed by atoms with Gasteiger partial charge < -0.3 is 0 Å². The smallest absolute Gasteiger partial charge is 0.207 e. The van der Waals surface area contributed by atoms with E-state index in [4.69, 9.17) is 0 Å². The van der Waals surface area contributed by atoms with Crippen LogP contribution in [0, 0.1) is 17.8 Å². The van der Waals surface area contributed by atoms with Crippen molar-refractivity contribution in [3.63, 3.8) is 0 Å². The first-order chi connectivity index (χ1) is 12.7. The molecular formula is C19H23F3INO2S. The molecule has 0 N–H and O–H groups in total. The van der Waals surface area contributed by atoms with E-state index in [1.807, 2.05) is 0 Å². The van der Waals surface area contributed by atoms with E-state index in [9.17, 15) is 21.6 Å². The summed E-state index contributed by atoms with van der Waals surface area (Å²) in [5.41, 5.74) is -0.856. The van der Waals surface area contributed by atoms with Gasteiger partial charge in [0.1, 0.15) is 0 Å². The van der Waals surface area contributed by atoms with Crippen molar-refractivity contribution in [3.8, 4) is 11.8 Å². The lowest BCUT2D eigenvalue weighted by atomic mass is 9.86. The Morgan fingerprint density at radius 2 is 1.74 bits per heavy atom. The van der Waals surface area contributed by atoms with Gasteiger partial charge in [-0.1, -0.05) is 28.5 Å². The Morgan fingerprint density at radius 3 is 2.26 bits per heavy atom. The molecule has 0 aliphatic heterocycles. The van der Waals surface area contributed by atoms with Crippen LogP contribution in [0.25, 0.3) is 0 Å². The standard InChI is InChI=1S/C19H23F3INO2S/c1-24(17-10-6-15(7-11-17)5-3-2-4-14-23)27(25,26)18-12-8-16(9-13-18)19(20,21)22/h8-9,12-13,15,17H,2,4,6-7,10-11,14H2,1H3. The Balaban J connectivity index is 2.00. The van der Waals surface area contributed by atoms with Crippen LogP contribution in [-0.4, -0.2) is 30.2 Å². The van der Waals surface area contributed by atoms with Crippen molar-refractivity contribution in [1.29, 1.82) is 0 Å². The third kappa shape index (κ3) is 6.09. The van der Waals surface area contributed by atoms with Gasteiger partial charge in [0, 0.05) is 29.9 Å². The van der Waals surface area contributed by atoms with Crippen LogP contribution < -0.4 is 0 Å². The van der Waals surface area contributed by atoms with Gasteiger partial charge in [0.2, 0.25) is 10.0 Å². The van der Waals surface area contributed by atoms with Crippen LogP contribution in [0.1, 0.15) is 44.1 Å². The normalized spacial score (nSPS) is 21.0. The highest BCUT2D eigenvalue weighted by Crippen LogP contribution is 2.32. The molecule has 8 heteroatoms. The van der Waals surface area contributed by atoms with E-state index in [0.717, 1.165) is 54.4 Å². The van der Waals surface area contributed by atoms with Crippen LogP contribution in [0.3, 0.4) is 0 Å². The molecular weight excluding hydrogens is 490 g/mol. The molecule has 0 atom stereocenters. The highest BCUT2D eigenvalue weighted by Gasteiger charge is 2.33. The Bertz CT molecular complexity index is 774. The maximum Gasteiger partial charge on any atom is 0.416 e. The minimum atomic E-state index is -4.48. The van der Waals surface area contributed by atoms with Crippen molar-refractivity contribution in [1.82, 2.24) is 4.31 Å². The summed E-state index contributed by atoms with van der Waals surface area (Å²) in [5, 5.41) is 0. The predicted molar refractivity (Wildman–Crippen MR) is 108 cm³/mol. The lowest BCUT2D eigenvalue weighted by Gasteiger charge is -2.32. The topological polar surface area (TPSA) is 37.4 Å². The molecule has 0 radical (unpaired) electrons. The Labute approximate surface area is 172 Å². The van der Waals surface area contributed by atoms with Crippen LogP contribution in [0.4, 0.5) is 13.2 Å². The molecule has 1 aliphatic rings. The molecule has 0 aromatic heterocycles. The number of hydrogen-bond donors (Lipinski definition) is 0. The summed E-state index contributed by atoms with van der Waals surface area (Å²) < 4.78 is 65.8. The zero-order valence-corrected chi connectivity index (χ0v) is 18.1. The molecule has 1 fully saturated rings. The zero-order valence-electron chi connectivity index (χ0n) is 15.1. The summed E-state index contributed by atoms with van der Waals surface area (Å²) in [5.74, 6) is 6.78. The van der Waals surface area contributed by atoms with Crippen molar-refractivity contribution < 1.29 is 21.6 Å². The quantitative estimate of drug-likeness (QED) is 0.238. The predicted octanol–water partition coefficient (Wildman–Crippen LogP) is 5.10. The molecule has 0 amide bonds. The summed E-state index contributed by atoms with van der Waals surface area (Å²) >= 11 is 2.32. The maximum atomic E-state index is 12.7. The summed E-state index contributed by atoms with van der Waals surface area (Å²) in [7, 11) is -2.31. The zero-order chi connectivity index (χ0) is 20.1. The van der Waals surface area contributed by atoms with E-state index < -0.39 is 21.8 Å². The van der Waals surface area contributed by atoms with Gasteiger partial charge in [-0.15, -0.1) is 5.92 Å². The first kappa shape index (κ1) is 22.5. The molecule has 0 saturated heterocycles. The fourth-order valence-corrected chi connectivity index (χ4v) is 4.93. The summed E-state index contributed by atoms with van der Waals surface area (Å²) in [6.45, 7) is 0. The number of alkyl halides is 4. The van der Waals surface area contributed by atoms with Gasteiger partial charge in [0.05, 0.1) is 10.5 Å². The second-order valence-corrected chi connectivity index (χ2v) is 9.74. The fraction of sp³-hybridized carbons (Fsp3) is 0.579. The molecule has 27 heavy (non-hydrogen) atoms. The molecule has 150 valence electrons. The molecule has 2 rings (SSSR count). The van der Waals surface area contributed by atoms with Crippen molar-refractivity contribution in [2.75, 3.05) is 11.5 Å². The number of hydrogen-bond acceptors (Lipinski definition) is 2. The first-order valence-electron chi connectivity index (χ1n) is 8.86. The third-order valence-corrected chi connectivity index (χ3v) is 7.50. The van der Waals surface area contributed by atoms with E-state index in [2.05, 4.69) is 34.4 Å². The van der Waals surface area contributed by atoms with Crippen molar-refractivity contribution in [2.45, 2.75) is 55.6 Å². The second-order valence-electron chi connectivity index (χ2n) is 6.66. The SMILES string of the molecule is CN(C1CCC(C#CCCCI)CC1)S(=O)(=O)c1ccc(C(F)(F)F)cc1. The van der Waals surface area contributed by atoms with Gasteiger partial charge in [-0.05, 0) is 56.4 Å². The van der Waals surface area contributed by atoms with Gasteiger partial charge in [-0.2, -0.15) is 17.5 Å². The number of benzene rings is 1. The fourth-order valence-electron chi connectivity index (χ4n) is 3.13. The lowest BCUT2D eigenvalue weighted by Crippen LogP contribution is -2.39. The minimum Gasteiger partial charge on any atom is -0.207 e. The lowest BCUT2D eigenvalue weighted by molar-refractivity contribution is -0.137. The summed E-state index contributed by atoms with van der Waals surface area (Å²) in [6.07, 6.45) is 0.597. The van der Waals surface area contributed by atoms with Crippen LogP contribution in [0.5, 0.6) is 0 Å². The summed E-state index contributed by atoms with van der Waals surface area (Å²) in [6, 6.07) is 3.52. The number of unbranched alkanes of at least 4 members (excludes halogenated alkanes) is 1. The third-order valence-electron chi connectivity index (χ3n) is 4.81. The van der Waals surface area contributed by atoms with E-state index in [1.54, 1.807) is 0 Å². The molecule has 1 aliphatic carbocycles. The van der Waals surface area contributed by atoms with E-state index in [1.165, 1.54) is 11.4 Å². The van der Waals surface area contributed by atoms with E-state index in [-0.39, 0.29) is 10.9 Å². The first-order valence-corrected chi connectivity index (χ1v) is 11.8. The van der Waals surface area contributed by atoms with Crippen LogP contribution in [0.15, 0.2) is 29.2 Å². The largest absolute Gasteiger partial charge is 0.416 e. The number of rotatable bonds is 5. The molecule has 0 heterocycles. The van der Waals surface area contributed by atoms with Crippen LogP contribution in [-0.2, 0) is 16.2 Å². The molecule has 0 unspecified atom stereocenters. The monoisotopic (exact) mass is 513 g/mol. The van der Waals surface area contributed by atoms with Crippen molar-refractivity contribution >= 4 is 32.6 Å². The molecule has 0 bridgehead atoms. The highest BCUT2D eigenvalue weighted by atomic mass is 127. The average molecular weight is 513 g/mol. The van der Waals surface area contributed by atoms with Gasteiger partial charge in [0.25, 0.3) is 0 Å². The number of sulfonamides is 1. The van der Waals surface area contributed by atoms with Crippen LogP contribution in [0.2, 0.25) is 0 Å². The van der Waals surface area contributed by atoms with Crippen molar-refractivity contribution in [2.24, 2.45) is 5.92 Å². The number of nitrogens with zero attached hydrogens (tertiary/aromatic N) is 1. The second kappa shape index (κ2) is 9.61. The molecule has 0 spiro atoms. The molecule has 3 nitrogen and oxygen atoms in total. The molecule has 1 saturated carbocycles. The van der Waals surface area contributed by atoms with Gasteiger partial charge in [-0.25, -0.2) is 8.42 Å². The minimum absolute atomic E-state index is 0.112. The Hall–Kier alpha value is -0.790. The average Bonchev–Trinajstić information content (AvgIpc) is 2.64. The van der Waals surface area contributed by atoms with E-state index >= 15 is 0 Å². The Kier molecular flexibility index (Phi) is 8.01. The Morgan fingerprint density at radius 1 is 1.15 bits per heavy atom. The van der Waals surface area contributed by atoms with E-state index in [0.29, 0.717) is 18.8 Å². The van der Waals surface area contributed by atoms with Gasteiger partial charge in [-0.3, -0.25) is 0 Å². The highest BCUT2D eigenvalue weighted by molar-refractivity contribution is 14.1. The van der Waals surface area contributed by atoms with Gasteiger partial charge in [0.15, 0.2) is 0 Å². The molecule has 1 aromatic rings. The summed E-state index contributed by atoms with van der Waals surface area (Å²) in [4.78, 5) is -0.112. The van der Waals surface area contributed by atoms with Crippen LogP contribution >= 0.6 is 22.6 Å². The number of halogens is 4. The van der Waals surface area contributed by atoms with Gasteiger partial charge >= 0.3 is 6.18 Å². The molecule has 1 aromatic carbocycles. The van der Waals surface area contributed by atoms with Crippen molar-refractivity contribution in [3.05, 3.63) is 29.8 Å².